The minimum atomic E-state index is -0.722. The molecule has 1 amide bonds. The summed E-state index contributed by atoms with van der Waals surface area (Å²) in [7, 11) is 0. The van der Waals surface area contributed by atoms with Crippen LogP contribution in [0.4, 0.5) is 16.2 Å². The third-order valence-electron chi connectivity index (χ3n) is 4.44. The lowest BCUT2D eigenvalue weighted by Crippen LogP contribution is -2.49. The minimum absolute atomic E-state index is 0. The van der Waals surface area contributed by atoms with Gasteiger partial charge >= 0.3 is 6.09 Å². The summed E-state index contributed by atoms with van der Waals surface area (Å²) in [5.41, 5.74) is -0.697. The molecule has 0 saturated carbocycles. The number of hydrogen-bond acceptors (Lipinski definition) is 8. The van der Waals surface area contributed by atoms with Gasteiger partial charge in [-0.15, -0.1) is 12.4 Å². The van der Waals surface area contributed by atoms with Crippen molar-refractivity contribution < 1.29 is 24.2 Å². The van der Waals surface area contributed by atoms with E-state index < -0.39 is 15.5 Å². The van der Waals surface area contributed by atoms with Crippen LogP contribution < -0.4 is 0 Å². The summed E-state index contributed by atoms with van der Waals surface area (Å²) < 4.78 is 4.96. The van der Waals surface area contributed by atoms with Crippen LogP contribution in [-0.2, 0) is 9.53 Å². The first-order valence-electron chi connectivity index (χ1n) is 9.09. The quantitative estimate of drug-likeness (QED) is 0.340. The molecular formula is C18H23ClN4O7. The Kier molecular flexibility index (Phi) is 9.85. The minimum Gasteiger partial charge on any atom is -0.450 e. The van der Waals surface area contributed by atoms with Crippen molar-refractivity contribution in [3.8, 4) is 0 Å². The number of benzene rings is 1. The number of nitro groups is 2. The van der Waals surface area contributed by atoms with Crippen LogP contribution in [0.15, 0.2) is 24.3 Å². The Bertz CT molecular complexity index is 823. The van der Waals surface area contributed by atoms with Crippen LogP contribution in [0.5, 0.6) is 0 Å². The molecule has 0 radical (unpaired) electrons. The molecule has 1 aliphatic heterocycles. The molecule has 11 nitrogen and oxygen atoms in total. The molecule has 0 unspecified atom stereocenters. The van der Waals surface area contributed by atoms with Crippen molar-refractivity contribution in [2.75, 3.05) is 39.3 Å². The molecule has 30 heavy (non-hydrogen) atoms. The van der Waals surface area contributed by atoms with Crippen molar-refractivity contribution in [1.82, 2.24) is 9.80 Å². The lowest BCUT2D eigenvalue weighted by Gasteiger charge is -2.33. The maximum absolute atomic E-state index is 12.1. The van der Waals surface area contributed by atoms with Gasteiger partial charge < -0.3 is 9.64 Å². The largest absolute Gasteiger partial charge is 0.450 e. The van der Waals surface area contributed by atoms with E-state index in [-0.39, 0.29) is 42.0 Å². The molecular weight excluding hydrogens is 420 g/mol. The Hall–Kier alpha value is -3.05. The van der Waals surface area contributed by atoms with Gasteiger partial charge in [-0.2, -0.15) is 0 Å². The second kappa shape index (κ2) is 11.8. The summed E-state index contributed by atoms with van der Waals surface area (Å²) in [6.07, 6.45) is 2.42. The predicted molar refractivity (Wildman–Crippen MR) is 111 cm³/mol. The van der Waals surface area contributed by atoms with E-state index in [2.05, 4.69) is 4.90 Å². The van der Waals surface area contributed by atoms with Gasteiger partial charge in [0.2, 0.25) is 0 Å². The fourth-order valence-electron chi connectivity index (χ4n) is 2.85. The molecule has 1 fully saturated rings. The topological polar surface area (TPSA) is 136 Å². The number of carbonyl (C=O) groups is 2. The molecule has 164 valence electrons. The number of nitrogens with zero attached hydrogens (tertiary/aromatic N) is 4. The van der Waals surface area contributed by atoms with Crippen molar-refractivity contribution >= 4 is 41.7 Å². The Balaban J connectivity index is 0.00000450. The third-order valence-corrected chi connectivity index (χ3v) is 4.44. The van der Waals surface area contributed by atoms with Crippen LogP contribution in [0.25, 0.3) is 6.08 Å². The van der Waals surface area contributed by atoms with Gasteiger partial charge in [0.1, 0.15) is 0 Å². The van der Waals surface area contributed by atoms with E-state index in [1.54, 1.807) is 11.8 Å². The second-order valence-corrected chi connectivity index (χ2v) is 6.33. The Labute approximate surface area is 179 Å². The number of rotatable bonds is 8. The van der Waals surface area contributed by atoms with E-state index in [0.717, 1.165) is 12.1 Å². The van der Waals surface area contributed by atoms with Gasteiger partial charge in [-0.1, -0.05) is 0 Å². The first-order valence-corrected chi connectivity index (χ1v) is 9.09. The molecule has 1 aromatic rings. The zero-order valence-electron chi connectivity index (χ0n) is 16.4. The average molecular weight is 443 g/mol. The molecule has 1 saturated heterocycles. The zero-order chi connectivity index (χ0) is 21.4. The van der Waals surface area contributed by atoms with Gasteiger partial charge in [0, 0.05) is 45.2 Å². The molecule has 0 atom stereocenters. The van der Waals surface area contributed by atoms with Crippen molar-refractivity contribution in [3.63, 3.8) is 0 Å². The number of carbonyl (C=O) groups excluding carboxylic acids is 2. The summed E-state index contributed by atoms with van der Waals surface area (Å²) in [6.45, 7) is 4.89. The van der Waals surface area contributed by atoms with Gasteiger partial charge in [0.05, 0.1) is 28.1 Å². The zero-order valence-corrected chi connectivity index (χ0v) is 17.2. The number of nitro benzene ring substituents is 2. The van der Waals surface area contributed by atoms with E-state index >= 15 is 0 Å². The number of amides is 1. The van der Waals surface area contributed by atoms with E-state index in [1.165, 1.54) is 18.2 Å². The van der Waals surface area contributed by atoms with E-state index in [0.29, 0.717) is 39.3 Å². The van der Waals surface area contributed by atoms with E-state index in [4.69, 9.17) is 4.74 Å². The summed E-state index contributed by atoms with van der Waals surface area (Å²) in [5, 5.41) is 21.9. The van der Waals surface area contributed by atoms with Crippen LogP contribution in [0.2, 0.25) is 0 Å². The molecule has 1 heterocycles. The highest BCUT2D eigenvalue weighted by Gasteiger charge is 2.22. The number of piperazine rings is 1. The maximum Gasteiger partial charge on any atom is 0.409 e. The van der Waals surface area contributed by atoms with Crippen LogP contribution in [0, 0.1) is 20.2 Å². The molecule has 12 heteroatoms. The Morgan fingerprint density at radius 3 is 2.37 bits per heavy atom. The molecule has 0 aliphatic carbocycles. The summed E-state index contributed by atoms with van der Waals surface area (Å²) in [4.78, 5) is 47.9. The highest BCUT2D eigenvalue weighted by Crippen LogP contribution is 2.25. The SMILES string of the molecule is CCOC(=O)N1CCN(CCC(=O)C=Cc2ccc([N+](=O)[O-])cc2[N+](=O)[O-])CC1.Cl. The Morgan fingerprint density at radius 2 is 1.80 bits per heavy atom. The van der Waals surface area contributed by atoms with Gasteiger partial charge in [0.15, 0.2) is 5.78 Å². The van der Waals surface area contributed by atoms with Crippen molar-refractivity contribution in [3.05, 3.63) is 50.1 Å². The molecule has 0 N–H and O–H groups in total. The highest BCUT2D eigenvalue weighted by atomic mass is 35.5. The fraction of sp³-hybridized carbons (Fsp3) is 0.444. The number of non-ortho nitro benzene ring substituents is 1. The molecule has 0 bridgehead atoms. The van der Waals surface area contributed by atoms with Crippen LogP contribution >= 0.6 is 12.4 Å². The molecule has 1 aromatic carbocycles. The van der Waals surface area contributed by atoms with Crippen LogP contribution in [-0.4, -0.2) is 70.9 Å². The fourth-order valence-corrected chi connectivity index (χ4v) is 2.85. The number of allylic oxidation sites excluding steroid dienone is 1. The van der Waals surface area contributed by atoms with Crippen molar-refractivity contribution in [2.45, 2.75) is 13.3 Å². The lowest BCUT2D eigenvalue weighted by molar-refractivity contribution is -0.394. The number of hydrogen-bond donors (Lipinski definition) is 0. The molecule has 2 rings (SSSR count). The van der Waals surface area contributed by atoms with Gasteiger partial charge in [-0.05, 0) is 25.1 Å². The number of ketones is 1. The van der Waals surface area contributed by atoms with Crippen molar-refractivity contribution in [1.29, 1.82) is 0 Å². The maximum atomic E-state index is 12.1. The normalized spacial score (nSPS) is 14.2. The number of ether oxygens (including phenoxy) is 1. The van der Waals surface area contributed by atoms with Gasteiger partial charge in [0.25, 0.3) is 11.4 Å². The van der Waals surface area contributed by atoms with Crippen LogP contribution in [0.3, 0.4) is 0 Å². The first-order chi connectivity index (χ1) is 13.8. The predicted octanol–water partition coefficient (Wildman–Crippen LogP) is 2.67. The molecule has 0 spiro atoms. The van der Waals surface area contributed by atoms with Gasteiger partial charge in [-0.3, -0.25) is 29.9 Å². The summed E-state index contributed by atoms with van der Waals surface area (Å²) in [5.74, 6) is -0.217. The smallest absolute Gasteiger partial charge is 0.409 e. The molecule has 1 aliphatic rings. The second-order valence-electron chi connectivity index (χ2n) is 6.33. The average Bonchev–Trinajstić information content (AvgIpc) is 2.70. The van der Waals surface area contributed by atoms with Crippen LogP contribution in [0.1, 0.15) is 18.9 Å². The van der Waals surface area contributed by atoms with E-state index in [1.807, 2.05) is 0 Å². The third kappa shape index (κ3) is 7.08. The van der Waals surface area contributed by atoms with Crippen molar-refractivity contribution in [2.24, 2.45) is 0 Å². The standard InChI is InChI=1S/C18H22N4O7.ClH/c1-2-29-18(24)20-11-9-19(10-12-20)8-7-16(23)6-4-14-3-5-15(21(25)26)13-17(14)22(27)28;/h3-6,13H,2,7-12H2,1H3;1H. The first kappa shape index (κ1) is 25.0. The lowest BCUT2D eigenvalue weighted by atomic mass is 10.1. The van der Waals surface area contributed by atoms with E-state index in [9.17, 15) is 29.8 Å². The Morgan fingerprint density at radius 1 is 1.13 bits per heavy atom. The summed E-state index contributed by atoms with van der Waals surface area (Å²) >= 11 is 0. The highest BCUT2D eigenvalue weighted by molar-refractivity contribution is 5.94. The van der Waals surface area contributed by atoms with Gasteiger partial charge in [-0.25, -0.2) is 4.79 Å². The number of halogens is 1. The summed E-state index contributed by atoms with van der Waals surface area (Å²) in [6, 6.07) is 3.27. The monoisotopic (exact) mass is 442 g/mol. The molecule has 0 aromatic heterocycles.